The fourth-order valence-electron chi connectivity index (χ4n) is 0.775. The van der Waals surface area contributed by atoms with Gasteiger partial charge in [-0.3, -0.25) is 0 Å². The summed E-state index contributed by atoms with van der Waals surface area (Å²) in [6, 6.07) is 4.92. The minimum atomic E-state index is -5.20. The number of rotatable bonds is 2. The van der Waals surface area contributed by atoms with Crippen molar-refractivity contribution in [3.63, 3.8) is 0 Å². The van der Waals surface area contributed by atoms with Gasteiger partial charge in [0.2, 0.25) is 0 Å². The first-order valence-corrected chi connectivity index (χ1v) is 9.53. The molecule has 0 aliphatic heterocycles. The summed E-state index contributed by atoms with van der Waals surface area (Å²) in [6.45, 7) is 0. The van der Waals surface area contributed by atoms with E-state index in [-0.39, 0.29) is 0 Å². The zero-order chi connectivity index (χ0) is 10.9. The summed E-state index contributed by atoms with van der Waals surface area (Å²) in [5.74, 6) is 0. The third kappa shape index (κ3) is 2.54. The maximum absolute atomic E-state index is 8.33. The Kier molecular flexibility index (Phi) is 2.61. The van der Waals surface area contributed by atoms with Crippen LogP contribution < -0.4 is 4.34 Å². The molecule has 0 saturated heterocycles. The molecule has 0 saturated carbocycles. The summed E-state index contributed by atoms with van der Waals surface area (Å²) in [7, 11) is 0. The second-order valence-corrected chi connectivity index (χ2v) is 18.1. The van der Waals surface area contributed by atoms with Gasteiger partial charge in [-0.25, -0.2) is 0 Å². The third-order valence-corrected chi connectivity index (χ3v) is 5.88. The van der Waals surface area contributed by atoms with Gasteiger partial charge >= 0.3 is 98.9 Å². The molecule has 0 bridgehead atoms. The average molecular weight is 294 g/mol. The van der Waals surface area contributed by atoms with Gasteiger partial charge in [-0.05, 0) is 0 Å². The maximum atomic E-state index is 8.33. The second-order valence-electron chi connectivity index (χ2n) is 2.51. The summed E-state index contributed by atoms with van der Waals surface area (Å²) in [4.78, 5) is 5.60. The molecule has 0 radical (unpaired) electrons. The van der Waals surface area contributed by atoms with Crippen LogP contribution in [0.15, 0.2) is 35.5 Å². The van der Waals surface area contributed by atoms with Crippen LogP contribution in [0.4, 0.5) is 0 Å². The number of aromatic nitrogens is 1. The molecule has 0 atom stereocenters. The molecular weight excluding hydrogens is 289 g/mol. The molecule has 0 unspecified atom stereocenters. The average Bonchev–Trinajstić information content (AvgIpc) is 2.04. The predicted molar refractivity (Wildman–Crippen MR) is 61.5 cm³/mol. The normalized spacial score (nSPS) is 16.3. The van der Waals surface area contributed by atoms with Crippen LogP contribution in [-0.2, 0) is 0 Å². The van der Waals surface area contributed by atoms with Crippen LogP contribution in [0.25, 0.3) is 10.4 Å². The van der Waals surface area contributed by atoms with Gasteiger partial charge in [0.25, 0.3) is 0 Å². The molecule has 0 fully saturated rings. The van der Waals surface area contributed by atoms with Gasteiger partial charge in [-0.15, -0.1) is 0 Å². The van der Waals surface area contributed by atoms with Crippen molar-refractivity contribution in [2.45, 2.75) is 0 Å². The first kappa shape index (κ1) is 12.1. The molecule has 0 N–H and O–H groups in total. The van der Waals surface area contributed by atoms with Crippen molar-refractivity contribution in [3.05, 3.63) is 41.0 Å². The molecular formula is C5H5Cl4N4P. The van der Waals surface area contributed by atoms with Gasteiger partial charge in [0.1, 0.15) is 0 Å². The zero-order valence-electron chi connectivity index (χ0n) is 6.63. The van der Waals surface area contributed by atoms with E-state index >= 15 is 0 Å². The Morgan fingerprint density at radius 3 is 2.00 bits per heavy atom. The van der Waals surface area contributed by atoms with Crippen molar-refractivity contribution in [1.82, 2.24) is 0 Å². The van der Waals surface area contributed by atoms with Gasteiger partial charge in [0.15, 0.2) is 0 Å². The fraction of sp³-hybridized carbons (Fsp3) is 0. The Balaban J connectivity index is 3.53. The number of hydrogen-bond acceptors (Lipinski definition) is 1. The van der Waals surface area contributed by atoms with Gasteiger partial charge in [0, 0.05) is 0 Å². The number of nitrogens with zero attached hydrogens (tertiary/aromatic N) is 4. The molecule has 1 aromatic rings. The summed E-state index contributed by atoms with van der Waals surface area (Å²) in [6.07, 6.45) is 2.84. The Labute approximate surface area is 98.7 Å². The Hall–Kier alpha value is 0.0500. The second kappa shape index (κ2) is 3.02. The van der Waals surface area contributed by atoms with Crippen molar-refractivity contribution < 1.29 is 4.34 Å². The van der Waals surface area contributed by atoms with Gasteiger partial charge in [0.05, 0.1) is 0 Å². The van der Waals surface area contributed by atoms with E-state index in [0.717, 1.165) is 4.34 Å². The molecule has 1 rings (SSSR count). The minimum absolute atomic E-state index is 1.09. The SMILES string of the molecule is [N-]=[N+]=N[P-](Cl)(Cl)(Cl)(Cl)[n+]1ccccc1. The predicted octanol–water partition coefficient (Wildman–Crippen LogP) is 4.67. The van der Waals surface area contributed by atoms with Crippen molar-refractivity contribution in [2.75, 3.05) is 0 Å². The van der Waals surface area contributed by atoms with Crippen molar-refractivity contribution in [3.8, 4) is 0 Å². The van der Waals surface area contributed by atoms with Crippen LogP contribution >= 0.6 is 48.6 Å². The van der Waals surface area contributed by atoms with Crippen LogP contribution in [0.2, 0.25) is 0 Å². The quantitative estimate of drug-likeness (QED) is 0.329. The van der Waals surface area contributed by atoms with Gasteiger partial charge in [-0.2, -0.15) is 0 Å². The Bertz CT molecular complexity index is 405. The molecule has 0 spiro atoms. The Morgan fingerprint density at radius 1 is 1.07 bits per heavy atom. The van der Waals surface area contributed by atoms with Crippen molar-refractivity contribution >= 4 is 48.6 Å². The molecule has 0 aliphatic rings. The van der Waals surface area contributed by atoms with Crippen molar-refractivity contribution in [2.24, 2.45) is 4.88 Å². The van der Waals surface area contributed by atoms with Crippen LogP contribution in [0, 0.1) is 0 Å². The van der Waals surface area contributed by atoms with E-state index in [1.54, 1.807) is 18.2 Å². The van der Waals surface area contributed by atoms with Crippen LogP contribution in [0.3, 0.4) is 0 Å². The third-order valence-electron chi connectivity index (χ3n) is 1.37. The molecule has 14 heavy (non-hydrogen) atoms. The van der Waals surface area contributed by atoms with E-state index in [0.29, 0.717) is 0 Å². The fourth-order valence-corrected chi connectivity index (χ4v) is 3.27. The first-order chi connectivity index (χ1) is 6.18. The molecule has 9 heteroatoms. The van der Waals surface area contributed by atoms with E-state index in [2.05, 4.69) is 9.80 Å². The molecule has 0 aliphatic carbocycles. The number of azide groups is 1. The van der Waals surface area contributed by atoms with E-state index < -0.39 is 3.66 Å². The number of hydrogen-bond donors (Lipinski definition) is 0. The van der Waals surface area contributed by atoms with Gasteiger partial charge < -0.3 is 0 Å². The van der Waals surface area contributed by atoms with Crippen LogP contribution in [-0.4, -0.2) is 0 Å². The van der Waals surface area contributed by atoms with E-state index in [1.807, 2.05) is 0 Å². The summed E-state index contributed by atoms with van der Waals surface area (Å²) in [5, 5.41) is 0. The monoisotopic (exact) mass is 292 g/mol. The van der Waals surface area contributed by atoms with Crippen LogP contribution in [0.5, 0.6) is 0 Å². The number of pyridine rings is 1. The van der Waals surface area contributed by atoms with Crippen LogP contribution in [0.1, 0.15) is 0 Å². The summed E-state index contributed by atoms with van der Waals surface area (Å²) in [5.41, 5.74) is 8.33. The Morgan fingerprint density at radius 2 is 1.57 bits per heavy atom. The summed E-state index contributed by atoms with van der Waals surface area (Å²) < 4.78 is -4.11. The number of halogens is 4. The van der Waals surface area contributed by atoms with E-state index in [1.165, 1.54) is 12.4 Å². The molecule has 1 heterocycles. The van der Waals surface area contributed by atoms with E-state index in [4.69, 9.17) is 50.5 Å². The zero-order valence-corrected chi connectivity index (χ0v) is 10.6. The van der Waals surface area contributed by atoms with Crippen molar-refractivity contribution in [1.29, 1.82) is 0 Å². The molecule has 78 valence electrons. The molecule has 0 amide bonds. The molecule has 0 aromatic carbocycles. The first-order valence-electron chi connectivity index (χ1n) is 3.33. The topological polar surface area (TPSA) is 52.6 Å². The molecule has 1 aromatic heterocycles. The van der Waals surface area contributed by atoms with E-state index in [9.17, 15) is 0 Å². The van der Waals surface area contributed by atoms with Gasteiger partial charge in [-0.1, -0.05) is 0 Å². The molecule has 4 nitrogen and oxygen atoms in total. The summed E-state index contributed by atoms with van der Waals surface area (Å²) >= 11 is 23.4. The standard InChI is InChI=1S/C5H5Cl4N4P/c6-14(7,8,9,12-11-10)13-4-2-1-3-5-13/h1-5H.